The molecule has 0 saturated carbocycles. The average molecular weight is 442 g/mol. The molecule has 0 bridgehead atoms. The molecule has 3 rings (SSSR count). The van der Waals surface area contributed by atoms with Crippen LogP contribution in [-0.4, -0.2) is 23.8 Å². The molecule has 2 aromatic carbocycles. The molecule has 2 N–H and O–H groups in total. The summed E-state index contributed by atoms with van der Waals surface area (Å²) >= 11 is 4.79. The van der Waals surface area contributed by atoms with Gasteiger partial charge in [0.25, 0.3) is 11.8 Å². The number of carbonyl (C=O) groups excluding carboxylic acids is 2. The number of hydrogen-bond acceptors (Lipinski definition) is 4. The van der Waals surface area contributed by atoms with Gasteiger partial charge >= 0.3 is 0 Å². The van der Waals surface area contributed by atoms with E-state index in [0.717, 1.165) is 14.4 Å². The maximum absolute atomic E-state index is 12.7. The van der Waals surface area contributed by atoms with Crippen molar-refractivity contribution < 1.29 is 9.59 Å². The number of pyridine rings is 1. The Labute approximate surface area is 169 Å². The summed E-state index contributed by atoms with van der Waals surface area (Å²) in [5, 5.41) is 6.23. The number of nitrogens with one attached hydrogen (secondary N) is 2. The molecule has 0 aliphatic heterocycles. The minimum Gasteiger partial charge on any atom is -0.355 e. The molecule has 1 heterocycles. The second kappa shape index (κ2) is 8.83. The normalized spacial score (nSPS) is 10.3. The third-order valence-corrected chi connectivity index (χ3v) is 5.17. The molecule has 0 saturated heterocycles. The molecule has 0 fully saturated rings. The Morgan fingerprint density at radius 1 is 0.963 bits per heavy atom. The number of carbonyl (C=O) groups is 2. The maximum Gasteiger partial charge on any atom is 0.256 e. The molecule has 27 heavy (non-hydrogen) atoms. The van der Waals surface area contributed by atoms with Crippen molar-refractivity contribution in [2.75, 3.05) is 12.4 Å². The van der Waals surface area contributed by atoms with Gasteiger partial charge in [-0.25, -0.2) is 4.98 Å². The molecule has 1 aromatic heterocycles. The van der Waals surface area contributed by atoms with E-state index in [1.807, 2.05) is 30.3 Å². The van der Waals surface area contributed by atoms with Gasteiger partial charge in [-0.05, 0) is 64.5 Å². The lowest BCUT2D eigenvalue weighted by Crippen LogP contribution is -2.18. The molecule has 136 valence electrons. The van der Waals surface area contributed by atoms with Crippen LogP contribution >= 0.6 is 27.7 Å². The number of aromatic nitrogens is 1. The Kier molecular flexibility index (Phi) is 6.26. The quantitative estimate of drug-likeness (QED) is 0.606. The first-order valence-electron chi connectivity index (χ1n) is 8.09. The van der Waals surface area contributed by atoms with E-state index in [1.165, 1.54) is 11.8 Å². The van der Waals surface area contributed by atoms with Gasteiger partial charge in [0.2, 0.25) is 0 Å². The van der Waals surface area contributed by atoms with Crippen LogP contribution in [0.25, 0.3) is 0 Å². The Balaban J connectivity index is 1.77. The van der Waals surface area contributed by atoms with Crippen molar-refractivity contribution in [3.63, 3.8) is 0 Å². The number of rotatable bonds is 5. The second-order valence-electron chi connectivity index (χ2n) is 5.52. The molecule has 2 amide bonds. The van der Waals surface area contributed by atoms with Crippen LogP contribution in [0.5, 0.6) is 0 Å². The lowest BCUT2D eigenvalue weighted by molar-refractivity contribution is 0.0962. The van der Waals surface area contributed by atoms with Crippen LogP contribution in [0.3, 0.4) is 0 Å². The highest BCUT2D eigenvalue weighted by molar-refractivity contribution is 9.10. The van der Waals surface area contributed by atoms with Crippen LogP contribution < -0.4 is 10.6 Å². The number of benzene rings is 2. The van der Waals surface area contributed by atoms with Crippen molar-refractivity contribution in [3.8, 4) is 0 Å². The summed E-state index contributed by atoms with van der Waals surface area (Å²) in [5.74, 6) is -0.389. The molecule has 0 atom stereocenters. The third kappa shape index (κ3) is 4.96. The number of halogens is 1. The average Bonchev–Trinajstić information content (AvgIpc) is 2.70. The van der Waals surface area contributed by atoms with Gasteiger partial charge < -0.3 is 10.6 Å². The van der Waals surface area contributed by atoms with Crippen LogP contribution in [0.2, 0.25) is 0 Å². The van der Waals surface area contributed by atoms with E-state index in [4.69, 9.17) is 0 Å². The fraction of sp³-hybridized carbons (Fsp3) is 0.0500. The molecule has 3 aromatic rings. The fourth-order valence-electron chi connectivity index (χ4n) is 2.33. The van der Waals surface area contributed by atoms with Crippen LogP contribution in [-0.2, 0) is 0 Å². The van der Waals surface area contributed by atoms with Gasteiger partial charge in [-0.15, -0.1) is 0 Å². The SMILES string of the molecule is CNC(=O)c1ccc(NC(=O)c2ccccc2Sc2ccc(Br)cn2)cc1. The summed E-state index contributed by atoms with van der Waals surface area (Å²) in [5.41, 5.74) is 1.71. The highest BCUT2D eigenvalue weighted by atomic mass is 79.9. The Morgan fingerprint density at radius 2 is 1.70 bits per heavy atom. The smallest absolute Gasteiger partial charge is 0.256 e. The van der Waals surface area contributed by atoms with Gasteiger partial charge in [0, 0.05) is 33.9 Å². The number of hydrogen-bond donors (Lipinski definition) is 2. The van der Waals surface area contributed by atoms with E-state index < -0.39 is 0 Å². The minimum absolute atomic E-state index is 0.170. The van der Waals surface area contributed by atoms with Crippen LogP contribution in [0.1, 0.15) is 20.7 Å². The van der Waals surface area contributed by atoms with Crippen LogP contribution in [0, 0.1) is 0 Å². The summed E-state index contributed by atoms with van der Waals surface area (Å²) in [7, 11) is 1.58. The zero-order valence-electron chi connectivity index (χ0n) is 14.4. The summed E-state index contributed by atoms with van der Waals surface area (Å²) in [6, 6.07) is 17.9. The first kappa shape index (κ1) is 19.1. The monoisotopic (exact) mass is 441 g/mol. The van der Waals surface area contributed by atoms with E-state index in [9.17, 15) is 9.59 Å². The Hall–Kier alpha value is -2.64. The zero-order chi connectivity index (χ0) is 19.2. The number of amides is 2. The Bertz CT molecular complexity index is 960. The summed E-state index contributed by atoms with van der Waals surface area (Å²) in [6.07, 6.45) is 1.72. The fourth-order valence-corrected chi connectivity index (χ4v) is 3.44. The van der Waals surface area contributed by atoms with E-state index in [0.29, 0.717) is 16.8 Å². The summed E-state index contributed by atoms with van der Waals surface area (Å²) in [4.78, 5) is 29.5. The van der Waals surface area contributed by atoms with Gasteiger partial charge in [0.15, 0.2) is 0 Å². The van der Waals surface area contributed by atoms with E-state index in [2.05, 4.69) is 31.5 Å². The molecule has 0 aliphatic carbocycles. The third-order valence-electron chi connectivity index (χ3n) is 3.68. The molecule has 0 aliphatic rings. The largest absolute Gasteiger partial charge is 0.355 e. The van der Waals surface area contributed by atoms with Crippen molar-refractivity contribution in [1.82, 2.24) is 10.3 Å². The van der Waals surface area contributed by atoms with Crippen LogP contribution in [0.4, 0.5) is 5.69 Å². The first-order chi connectivity index (χ1) is 13.1. The van der Waals surface area contributed by atoms with Crippen LogP contribution in [0.15, 0.2) is 81.3 Å². The van der Waals surface area contributed by atoms with Crippen molar-refractivity contribution in [1.29, 1.82) is 0 Å². The van der Waals surface area contributed by atoms with Gasteiger partial charge in [-0.2, -0.15) is 0 Å². The first-order valence-corrected chi connectivity index (χ1v) is 9.69. The van der Waals surface area contributed by atoms with Crippen molar-refractivity contribution in [2.45, 2.75) is 9.92 Å². The summed E-state index contributed by atoms with van der Waals surface area (Å²) in [6.45, 7) is 0. The highest BCUT2D eigenvalue weighted by Crippen LogP contribution is 2.30. The minimum atomic E-state index is -0.220. The van der Waals surface area contributed by atoms with Crippen molar-refractivity contribution in [2.24, 2.45) is 0 Å². The van der Waals surface area contributed by atoms with E-state index in [1.54, 1.807) is 43.6 Å². The highest BCUT2D eigenvalue weighted by Gasteiger charge is 2.13. The standard InChI is InChI=1S/C20H16BrN3O2S/c1-22-19(25)13-6-9-15(10-7-13)24-20(26)16-4-2-3-5-17(16)27-18-11-8-14(21)12-23-18/h2-12H,1H3,(H,22,25)(H,24,26). The maximum atomic E-state index is 12.7. The molecular formula is C20H16BrN3O2S. The summed E-state index contributed by atoms with van der Waals surface area (Å²) < 4.78 is 0.901. The second-order valence-corrected chi connectivity index (χ2v) is 7.50. The Morgan fingerprint density at radius 3 is 2.37 bits per heavy atom. The van der Waals surface area contributed by atoms with Gasteiger partial charge in [0.1, 0.15) is 5.03 Å². The van der Waals surface area contributed by atoms with Gasteiger partial charge in [-0.1, -0.05) is 23.9 Å². The lowest BCUT2D eigenvalue weighted by Gasteiger charge is -2.10. The van der Waals surface area contributed by atoms with E-state index >= 15 is 0 Å². The molecule has 5 nitrogen and oxygen atoms in total. The lowest BCUT2D eigenvalue weighted by atomic mass is 10.1. The molecule has 0 radical (unpaired) electrons. The predicted molar refractivity (Wildman–Crippen MR) is 110 cm³/mol. The predicted octanol–water partition coefficient (Wildman–Crippen LogP) is 4.61. The molecular weight excluding hydrogens is 426 g/mol. The van der Waals surface area contributed by atoms with Crippen molar-refractivity contribution in [3.05, 3.63) is 82.5 Å². The van der Waals surface area contributed by atoms with E-state index in [-0.39, 0.29) is 11.8 Å². The number of nitrogens with zero attached hydrogens (tertiary/aromatic N) is 1. The molecule has 0 spiro atoms. The molecule has 0 unspecified atom stereocenters. The van der Waals surface area contributed by atoms with Gasteiger partial charge in [-0.3, -0.25) is 9.59 Å². The van der Waals surface area contributed by atoms with Crippen molar-refractivity contribution >= 4 is 45.2 Å². The van der Waals surface area contributed by atoms with Gasteiger partial charge in [0.05, 0.1) is 5.56 Å². The molecule has 7 heteroatoms. The number of anilines is 1. The topological polar surface area (TPSA) is 71.1 Å². The zero-order valence-corrected chi connectivity index (χ0v) is 16.8.